The zero-order chi connectivity index (χ0) is 18.9. The summed E-state index contributed by atoms with van der Waals surface area (Å²) in [7, 11) is 0. The maximum absolute atomic E-state index is 13.1. The Hall–Kier alpha value is -1.16. The molecule has 1 N–H and O–H groups in total. The van der Waals surface area contributed by atoms with Crippen LogP contribution >= 0.6 is 0 Å². The van der Waals surface area contributed by atoms with E-state index in [1.807, 2.05) is 6.92 Å². The summed E-state index contributed by atoms with van der Waals surface area (Å²) in [6.45, 7) is 9.45. The molecule has 0 radical (unpaired) electrons. The van der Waals surface area contributed by atoms with Gasteiger partial charge in [-0.3, -0.25) is 4.79 Å². The Balaban J connectivity index is 1.99. The van der Waals surface area contributed by atoms with Crippen LogP contribution < -0.4 is 0 Å². The first-order valence-corrected chi connectivity index (χ1v) is 10.3. The number of aliphatic carboxylic acids is 1. The molecule has 0 spiro atoms. The third kappa shape index (κ3) is 1.71. The van der Waals surface area contributed by atoms with E-state index in [0.29, 0.717) is 31.5 Å². The third-order valence-electron chi connectivity index (χ3n) is 8.69. The van der Waals surface area contributed by atoms with Crippen molar-refractivity contribution >= 4 is 12.3 Å². The first kappa shape index (κ1) is 18.2. The molecule has 0 aromatic rings. The minimum atomic E-state index is -1.08. The molecule has 4 nitrogen and oxygen atoms in total. The average Bonchev–Trinajstić information content (AvgIpc) is 3.17. The summed E-state index contributed by atoms with van der Waals surface area (Å²) in [5.74, 6) is 0.692. The van der Waals surface area contributed by atoms with Gasteiger partial charge in [0.2, 0.25) is 0 Å². The van der Waals surface area contributed by atoms with Crippen LogP contribution in [0.3, 0.4) is 0 Å². The molecule has 3 saturated carbocycles. The minimum absolute atomic E-state index is 0.132. The summed E-state index contributed by atoms with van der Waals surface area (Å²) in [4.78, 5) is 25.8. The highest BCUT2D eigenvalue weighted by Gasteiger charge is 2.84. The lowest BCUT2D eigenvalue weighted by Crippen LogP contribution is -2.63. The van der Waals surface area contributed by atoms with Gasteiger partial charge < -0.3 is 14.6 Å². The van der Waals surface area contributed by atoms with Crippen molar-refractivity contribution in [2.24, 2.45) is 45.8 Å². The van der Waals surface area contributed by atoms with Crippen LogP contribution in [0.5, 0.6) is 0 Å². The topological polar surface area (TPSA) is 63.6 Å². The lowest BCUT2D eigenvalue weighted by atomic mass is 9.43. The fourth-order valence-corrected chi connectivity index (χ4v) is 7.92. The van der Waals surface area contributed by atoms with E-state index < -0.39 is 22.2 Å². The van der Waals surface area contributed by atoms with E-state index in [1.165, 1.54) is 0 Å². The fraction of sp³-hybridized carbons (Fsp3) is 0.818. The molecule has 3 fully saturated rings. The number of allylic oxidation sites excluding steroid dienone is 1. The second-order valence-electron chi connectivity index (χ2n) is 9.62. The van der Waals surface area contributed by atoms with Crippen LogP contribution in [0.25, 0.3) is 0 Å². The predicted octanol–water partition coefficient (Wildman–Crippen LogP) is 3.95. The number of hydrogen-bond acceptors (Lipinski definition) is 3. The summed E-state index contributed by atoms with van der Waals surface area (Å²) < 4.78 is 5.94. The highest BCUT2D eigenvalue weighted by molar-refractivity contribution is 5.90. The van der Waals surface area contributed by atoms with Gasteiger partial charge in [-0.25, -0.2) is 0 Å². The van der Waals surface area contributed by atoms with Crippen molar-refractivity contribution < 1.29 is 19.4 Å². The first-order valence-electron chi connectivity index (χ1n) is 10.3. The van der Waals surface area contributed by atoms with Gasteiger partial charge in [-0.15, -0.1) is 0 Å². The van der Waals surface area contributed by atoms with Crippen LogP contribution in [0.1, 0.15) is 53.4 Å². The highest BCUT2D eigenvalue weighted by atomic mass is 16.5. The fourth-order valence-electron chi connectivity index (χ4n) is 7.92. The standard InChI is InChI=1S/C22H32O4/c1-5-26-12-21-10-16-14(4)6-7-17(16)20(11-23)9-15(21)8-18(13(2)3)22(20,21)19(24)25/h8,11,13-17H,5-7,9-10,12H2,1-4H3,(H,24,25)/t14?,15?,16?,17?,20-,21+,22?/m0/s1. The summed E-state index contributed by atoms with van der Waals surface area (Å²) >= 11 is 0. The van der Waals surface area contributed by atoms with E-state index in [4.69, 9.17) is 4.74 Å². The molecule has 0 aromatic heterocycles. The Morgan fingerprint density at radius 3 is 2.69 bits per heavy atom. The summed E-state index contributed by atoms with van der Waals surface area (Å²) in [6.07, 6.45) is 6.98. The molecule has 4 aliphatic carbocycles. The molecule has 4 rings (SSSR count). The number of rotatable bonds is 6. The summed E-state index contributed by atoms with van der Waals surface area (Å²) in [6, 6.07) is 0. The molecular weight excluding hydrogens is 328 g/mol. The highest BCUT2D eigenvalue weighted by Crippen LogP contribution is 2.82. The third-order valence-corrected chi connectivity index (χ3v) is 8.69. The molecule has 0 saturated heterocycles. The van der Waals surface area contributed by atoms with Crippen molar-refractivity contribution in [2.45, 2.75) is 53.4 Å². The Morgan fingerprint density at radius 2 is 2.12 bits per heavy atom. The van der Waals surface area contributed by atoms with E-state index >= 15 is 0 Å². The second kappa shape index (κ2) is 5.67. The predicted molar refractivity (Wildman–Crippen MR) is 98.5 cm³/mol. The van der Waals surface area contributed by atoms with Crippen molar-refractivity contribution in [3.05, 3.63) is 11.6 Å². The molecule has 5 unspecified atom stereocenters. The Kier molecular flexibility index (Phi) is 3.97. The second-order valence-corrected chi connectivity index (χ2v) is 9.62. The molecule has 144 valence electrons. The molecule has 7 atom stereocenters. The van der Waals surface area contributed by atoms with E-state index in [0.717, 1.165) is 31.1 Å². The number of carbonyl (C=O) groups excluding carboxylic acids is 1. The van der Waals surface area contributed by atoms with E-state index in [1.54, 1.807) is 0 Å². The van der Waals surface area contributed by atoms with Crippen molar-refractivity contribution in [2.75, 3.05) is 13.2 Å². The number of ether oxygens (including phenoxy) is 1. The van der Waals surface area contributed by atoms with Crippen molar-refractivity contribution in [1.29, 1.82) is 0 Å². The van der Waals surface area contributed by atoms with E-state index in [2.05, 4.69) is 26.8 Å². The summed E-state index contributed by atoms with van der Waals surface area (Å²) in [5, 5.41) is 10.7. The van der Waals surface area contributed by atoms with Gasteiger partial charge in [-0.05, 0) is 55.8 Å². The SMILES string of the molecule is CCOC[C@]12CC3C(C)CCC3[C@@]3(C=O)CC1C=C(C(C)C)C23C(=O)O. The van der Waals surface area contributed by atoms with Crippen LogP contribution in [0.4, 0.5) is 0 Å². The van der Waals surface area contributed by atoms with Gasteiger partial charge in [0.1, 0.15) is 11.7 Å². The van der Waals surface area contributed by atoms with Gasteiger partial charge >= 0.3 is 5.97 Å². The van der Waals surface area contributed by atoms with Crippen molar-refractivity contribution in [3.63, 3.8) is 0 Å². The van der Waals surface area contributed by atoms with E-state index in [-0.39, 0.29) is 17.8 Å². The Labute approximate surface area is 156 Å². The number of carbonyl (C=O) groups is 2. The number of carboxylic acid groups (broad SMARTS) is 1. The normalized spacial score (nSPS) is 48.6. The van der Waals surface area contributed by atoms with Crippen LogP contribution in [-0.4, -0.2) is 30.6 Å². The molecule has 0 aromatic carbocycles. The molecular formula is C22H32O4. The van der Waals surface area contributed by atoms with Gasteiger partial charge in [0, 0.05) is 12.0 Å². The smallest absolute Gasteiger partial charge is 0.315 e. The zero-order valence-electron chi connectivity index (χ0n) is 16.5. The molecule has 4 bridgehead atoms. The number of carboxylic acids is 1. The first-order chi connectivity index (χ1) is 12.3. The van der Waals surface area contributed by atoms with Crippen molar-refractivity contribution in [1.82, 2.24) is 0 Å². The van der Waals surface area contributed by atoms with Gasteiger partial charge in [0.15, 0.2) is 0 Å². The maximum Gasteiger partial charge on any atom is 0.315 e. The lowest BCUT2D eigenvalue weighted by molar-refractivity contribution is -0.186. The molecule has 0 heterocycles. The van der Waals surface area contributed by atoms with Gasteiger partial charge in [-0.1, -0.05) is 38.8 Å². The Bertz CT molecular complexity index is 667. The van der Waals surface area contributed by atoms with Crippen molar-refractivity contribution in [3.8, 4) is 0 Å². The largest absolute Gasteiger partial charge is 0.481 e. The number of hydrogen-bond donors (Lipinski definition) is 1. The monoisotopic (exact) mass is 360 g/mol. The molecule has 4 heteroatoms. The Morgan fingerprint density at radius 1 is 1.38 bits per heavy atom. The van der Waals surface area contributed by atoms with Crippen LogP contribution in [-0.2, 0) is 14.3 Å². The quantitative estimate of drug-likeness (QED) is 0.575. The lowest BCUT2D eigenvalue weighted by Gasteiger charge is -2.58. The molecule has 0 amide bonds. The van der Waals surface area contributed by atoms with Gasteiger partial charge in [0.05, 0.1) is 12.0 Å². The number of aldehydes is 1. The van der Waals surface area contributed by atoms with Gasteiger partial charge in [-0.2, -0.15) is 0 Å². The maximum atomic E-state index is 13.1. The zero-order valence-corrected chi connectivity index (χ0v) is 16.5. The molecule has 0 aliphatic heterocycles. The minimum Gasteiger partial charge on any atom is -0.481 e. The number of fused-ring (bicyclic) bond motifs is 2. The molecule has 4 aliphatic rings. The molecule has 26 heavy (non-hydrogen) atoms. The van der Waals surface area contributed by atoms with Gasteiger partial charge in [0.25, 0.3) is 0 Å². The summed E-state index contributed by atoms with van der Waals surface area (Å²) in [5.41, 5.74) is -1.32. The average molecular weight is 360 g/mol. The van der Waals surface area contributed by atoms with Crippen LogP contribution in [0.15, 0.2) is 11.6 Å². The van der Waals surface area contributed by atoms with Crippen LogP contribution in [0, 0.1) is 45.8 Å². The van der Waals surface area contributed by atoms with Crippen LogP contribution in [0.2, 0.25) is 0 Å². The van der Waals surface area contributed by atoms with E-state index in [9.17, 15) is 14.7 Å².